The number of carbonyl (C=O) groups excluding carboxylic acids is 1. The topological polar surface area (TPSA) is 42.1 Å². The second-order valence-electron chi connectivity index (χ2n) is 5.10. The molecule has 0 aliphatic rings. The molecule has 0 aliphatic heterocycles. The molecule has 0 spiro atoms. The first-order valence-electron chi connectivity index (χ1n) is 6.56. The van der Waals surface area contributed by atoms with E-state index in [-0.39, 0.29) is 11.6 Å². The zero-order valence-corrected chi connectivity index (χ0v) is 12.4. The SMILES string of the molecule is Cc1c[nH]c(C)c1C(=O)Oc1cc(C(F)(F)F)cc(C(F)(F)F)c1. The molecular weight excluding hydrogens is 340 g/mol. The molecule has 2 aromatic rings. The zero-order chi connectivity index (χ0) is 18.3. The number of esters is 1. The van der Waals surface area contributed by atoms with Crippen molar-refractivity contribution >= 4 is 5.97 Å². The van der Waals surface area contributed by atoms with Crippen LogP contribution in [0.2, 0.25) is 0 Å². The van der Waals surface area contributed by atoms with E-state index in [9.17, 15) is 31.1 Å². The number of hydrogen-bond acceptors (Lipinski definition) is 2. The number of aryl methyl sites for hydroxylation is 2. The van der Waals surface area contributed by atoms with E-state index in [2.05, 4.69) is 4.98 Å². The molecule has 0 aliphatic carbocycles. The van der Waals surface area contributed by atoms with Crippen LogP contribution >= 0.6 is 0 Å². The van der Waals surface area contributed by atoms with Crippen molar-refractivity contribution in [2.75, 3.05) is 0 Å². The number of hydrogen-bond donors (Lipinski definition) is 1. The van der Waals surface area contributed by atoms with E-state index >= 15 is 0 Å². The summed E-state index contributed by atoms with van der Waals surface area (Å²) in [5.41, 5.74) is -2.20. The van der Waals surface area contributed by atoms with Gasteiger partial charge in [0.25, 0.3) is 0 Å². The Morgan fingerprint density at radius 3 is 1.83 bits per heavy atom. The lowest BCUT2D eigenvalue weighted by atomic mass is 10.1. The van der Waals surface area contributed by atoms with Crippen LogP contribution in [-0.2, 0) is 12.4 Å². The van der Waals surface area contributed by atoms with Crippen LogP contribution < -0.4 is 4.74 Å². The first-order chi connectivity index (χ1) is 10.9. The van der Waals surface area contributed by atoms with Crippen molar-refractivity contribution in [1.82, 2.24) is 4.98 Å². The fourth-order valence-electron chi connectivity index (χ4n) is 2.11. The first kappa shape index (κ1) is 17.9. The maximum Gasteiger partial charge on any atom is 0.416 e. The lowest BCUT2D eigenvalue weighted by molar-refractivity contribution is -0.143. The number of nitrogens with one attached hydrogen (secondary N) is 1. The number of rotatable bonds is 2. The van der Waals surface area contributed by atoms with Crippen molar-refractivity contribution in [2.24, 2.45) is 0 Å². The van der Waals surface area contributed by atoms with Crippen LogP contribution in [0.15, 0.2) is 24.4 Å². The van der Waals surface area contributed by atoms with Gasteiger partial charge in [0.05, 0.1) is 16.7 Å². The van der Waals surface area contributed by atoms with Crippen molar-refractivity contribution in [3.05, 3.63) is 52.3 Å². The number of H-pyrrole nitrogens is 1. The molecule has 0 radical (unpaired) electrons. The molecule has 0 saturated carbocycles. The average Bonchev–Trinajstić information content (AvgIpc) is 2.75. The lowest BCUT2D eigenvalue weighted by Gasteiger charge is -2.14. The molecule has 1 N–H and O–H groups in total. The van der Waals surface area contributed by atoms with Gasteiger partial charge in [-0.25, -0.2) is 4.79 Å². The Labute approximate surface area is 132 Å². The molecule has 0 bridgehead atoms. The maximum absolute atomic E-state index is 12.8. The van der Waals surface area contributed by atoms with E-state index in [0.29, 0.717) is 23.4 Å². The van der Waals surface area contributed by atoms with Gasteiger partial charge in [-0.1, -0.05) is 0 Å². The van der Waals surface area contributed by atoms with Gasteiger partial charge in [-0.15, -0.1) is 0 Å². The lowest BCUT2D eigenvalue weighted by Crippen LogP contribution is -2.14. The van der Waals surface area contributed by atoms with Gasteiger partial charge in [0.15, 0.2) is 0 Å². The number of carbonyl (C=O) groups is 1. The van der Waals surface area contributed by atoms with Crippen molar-refractivity contribution in [3.8, 4) is 5.75 Å². The molecule has 0 unspecified atom stereocenters. The quantitative estimate of drug-likeness (QED) is 0.476. The summed E-state index contributed by atoms with van der Waals surface area (Å²) in [5.74, 6) is -1.87. The fraction of sp³-hybridized carbons (Fsp3) is 0.267. The van der Waals surface area contributed by atoms with E-state index in [1.165, 1.54) is 13.1 Å². The molecule has 9 heteroatoms. The monoisotopic (exact) mass is 351 g/mol. The highest BCUT2D eigenvalue weighted by atomic mass is 19.4. The Hall–Kier alpha value is -2.45. The van der Waals surface area contributed by atoms with E-state index in [4.69, 9.17) is 4.74 Å². The summed E-state index contributed by atoms with van der Waals surface area (Å²) in [5, 5.41) is 0. The van der Waals surface area contributed by atoms with Crippen molar-refractivity contribution in [2.45, 2.75) is 26.2 Å². The molecule has 1 aromatic carbocycles. The van der Waals surface area contributed by atoms with E-state index < -0.39 is 35.2 Å². The molecule has 1 heterocycles. The Morgan fingerprint density at radius 2 is 1.46 bits per heavy atom. The second kappa shape index (κ2) is 5.88. The molecule has 0 fully saturated rings. The third kappa shape index (κ3) is 3.72. The third-order valence-electron chi connectivity index (χ3n) is 3.25. The Bertz CT molecular complexity index is 721. The van der Waals surface area contributed by atoms with Gasteiger partial charge in [0, 0.05) is 11.9 Å². The van der Waals surface area contributed by atoms with Crippen molar-refractivity contribution in [3.63, 3.8) is 0 Å². The van der Waals surface area contributed by atoms with Crippen LogP contribution in [0.25, 0.3) is 0 Å². The van der Waals surface area contributed by atoms with Gasteiger partial charge in [-0.3, -0.25) is 0 Å². The molecular formula is C15H11F6NO2. The average molecular weight is 351 g/mol. The van der Waals surface area contributed by atoms with Crippen LogP contribution in [0.5, 0.6) is 5.75 Å². The van der Waals surface area contributed by atoms with E-state index in [1.807, 2.05) is 0 Å². The highest BCUT2D eigenvalue weighted by Gasteiger charge is 2.37. The van der Waals surface area contributed by atoms with Crippen LogP contribution in [0, 0.1) is 13.8 Å². The Morgan fingerprint density at radius 1 is 0.958 bits per heavy atom. The summed E-state index contributed by atoms with van der Waals surface area (Å²) in [6.45, 7) is 3.07. The first-order valence-corrected chi connectivity index (χ1v) is 6.56. The van der Waals surface area contributed by atoms with Crippen molar-refractivity contribution in [1.29, 1.82) is 0 Å². The predicted molar refractivity (Wildman–Crippen MR) is 71.7 cm³/mol. The molecule has 0 amide bonds. The number of benzene rings is 1. The van der Waals surface area contributed by atoms with E-state index in [0.717, 1.165) is 0 Å². The Kier molecular flexibility index (Phi) is 4.38. The second-order valence-corrected chi connectivity index (χ2v) is 5.10. The summed E-state index contributed by atoms with van der Waals surface area (Å²) in [7, 11) is 0. The number of ether oxygens (including phenoxy) is 1. The summed E-state index contributed by atoms with van der Waals surface area (Å²) in [4.78, 5) is 14.7. The normalized spacial score (nSPS) is 12.3. The Balaban J connectivity index is 2.45. The maximum atomic E-state index is 12.8. The van der Waals surface area contributed by atoms with Gasteiger partial charge < -0.3 is 9.72 Å². The van der Waals surface area contributed by atoms with Gasteiger partial charge in [0.2, 0.25) is 0 Å². The van der Waals surface area contributed by atoms with E-state index in [1.54, 1.807) is 6.92 Å². The summed E-state index contributed by atoms with van der Waals surface area (Å²) in [6.07, 6.45) is -8.55. The molecule has 0 atom stereocenters. The minimum atomic E-state index is -5.01. The number of alkyl halides is 6. The van der Waals surface area contributed by atoms with Gasteiger partial charge >= 0.3 is 18.3 Å². The molecule has 0 saturated heterocycles. The summed E-state index contributed by atoms with van der Waals surface area (Å²) < 4.78 is 81.3. The van der Waals surface area contributed by atoms with Crippen LogP contribution in [-0.4, -0.2) is 11.0 Å². The largest absolute Gasteiger partial charge is 0.423 e. The third-order valence-corrected chi connectivity index (χ3v) is 3.25. The smallest absolute Gasteiger partial charge is 0.416 e. The summed E-state index contributed by atoms with van der Waals surface area (Å²) in [6, 6.07) is 0.666. The fourth-order valence-corrected chi connectivity index (χ4v) is 2.11. The van der Waals surface area contributed by atoms with Crippen LogP contribution in [0.3, 0.4) is 0 Å². The predicted octanol–water partition coefficient (Wildman–Crippen LogP) is 4.89. The van der Waals surface area contributed by atoms with Gasteiger partial charge in [-0.2, -0.15) is 26.3 Å². The molecule has 3 nitrogen and oxygen atoms in total. The van der Waals surface area contributed by atoms with Crippen molar-refractivity contribution < 1.29 is 35.9 Å². The van der Waals surface area contributed by atoms with Gasteiger partial charge in [0.1, 0.15) is 5.75 Å². The molecule has 130 valence electrons. The minimum absolute atomic E-state index is 0.0376. The number of aromatic amines is 1. The summed E-state index contributed by atoms with van der Waals surface area (Å²) >= 11 is 0. The number of aromatic nitrogens is 1. The van der Waals surface area contributed by atoms with Gasteiger partial charge in [-0.05, 0) is 37.6 Å². The zero-order valence-electron chi connectivity index (χ0n) is 12.4. The number of halogens is 6. The molecule has 1 aromatic heterocycles. The highest BCUT2D eigenvalue weighted by molar-refractivity contribution is 5.93. The highest BCUT2D eigenvalue weighted by Crippen LogP contribution is 2.38. The molecule has 24 heavy (non-hydrogen) atoms. The van der Waals surface area contributed by atoms with Crippen LogP contribution in [0.1, 0.15) is 32.7 Å². The standard InChI is InChI=1S/C15H11F6NO2/c1-7-6-22-8(2)12(7)13(23)24-11-4-9(14(16,17)18)3-10(5-11)15(19,20)21/h3-6,22H,1-2H3. The van der Waals surface area contributed by atoms with Crippen LogP contribution in [0.4, 0.5) is 26.3 Å². The molecule has 2 rings (SSSR count). The minimum Gasteiger partial charge on any atom is -0.423 e.